The Bertz CT molecular complexity index is 1170. The van der Waals surface area contributed by atoms with Crippen LogP contribution in [0.2, 0.25) is 0 Å². The topological polar surface area (TPSA) is 94.4 Å². The second-order valence-electron chi connectivity index (χ2n) is 7.10. The van der Waals surface area contributed by atoms with E-state index in [1.165, 1.54) is 36.4 Å². The van der Waals surface area contributed by atoms with E-state index in [0.29, 0.717) is 24.3 Å². The monoisotopic (exact) mass is 452 g/mol. The van der Waals surface area contributed by atoms with Crippen molar-refractivity contribution in [2.45, 2.75) is 24.7 Å². The fourth-order valence-electron chi connectivity index (χ4n) is 2.84. The predicted octanol–water partition coefficient (Wildman–Crippen LogP) is 5.27. The number of aryl methyl sites for hydroxylation is 2. The Hall–Kier alpha value is -3.52. The Morgan fingerprint density at radius 1 is 0.906 bits per heavy atom. The first kappa shape index (κ1) is 23.1. The number of esters is 1. The van der Waals surface area contributed by atoms with Crippen molar-refractivity contribution in [2.75, 3.05) is 13.7 Å². The van der Waals surface area contributed by atoms with Crippen LogP contribution in [0.4, 0.5) is 5.69 Å². The number of sulfonamides is 1. The third kappa shape index (κ3) is 6.49. The average molecular weight is 453 g/mol. The van der Waals surface area contributed by atoms with Crippen LogP contribution < -0.4 is 4.74 Å². The minimum atomic E-state index is -3.88. The van der Waals surface area contributed by atoms with Gasteiger partial charge in [0, 0.05) is 0 Å². The highest BCUT2D eigenvalue weighted by Gasteiger charge is 2.12. The van der Waals surface area contributed by atoms with Gasteiger partial charge < -0.3 is 9.47 Å². The Morgan fingerprint density at radius 2 is 1.56 bits per heavy atom. The molecule has 8 heteroatoms. The molecule has 0 aliphatic carbocycles. The fraction of sp³-hybridized carbons (Fsp3) is 0.208. The number of carbonyl (C=O) groups excluding carboxylic acids is 1. The van der Waals surface area contributed by atoms with Crippen molar-refractivity contribution >= 4 is 21.7 Å². The largest absolute Gasteiger partial charge is 0.497 e. The van der Waals surface area contributed by atoms with E-state index in [2.05, 4.69) is 9.63 Å². The molecule has 0 atom stereocenters. The lowest BCUT2D eigenvalue weighted by molar-refractivity contribution is 0.0500. The molecule has 3 aromatic carbocycles. The molecule has 0 bridgehead atoms. The van der Waals surface area contributed by atoms with Crippen LogP contribution in [-0.2, 0) is 21.2 Å². The van der Waals surface area contributed by atoms with Gasteiger partial charge in [0.25, 0.3) is 10.0 Å². The minimum Gasteiger partial charge on any atom is -0.497 e. The number of nitrogens with zero attached hydrogens (tertiary/aromatic N) is 2. The minimum absolute atomic E-state index is 0.0710. The lowest BCUT2D eigenvalue weighted by Gasteiger charge is -2.06. The summed E-state index contributed by atoms with van der Waals surface area (Å²) in [6, 6.07) is 20.2. The molecule has 0 saturated carbocycles. The van der Waals surface area contributed by atoms with Crippen LogP contribution in [0.25, 0.3) is 0 Å². The SMILES string of the molecule is COc1ccc(CCCOC(=O)c2ccc(N=NS(=O)(=O)c3ccc(C)cc3)cc2)cc1. The first-order valence-corrected chi connectivity index (χ1v) is 11.5. The fourth-order valence-corrected chi connectivity index (χ4v) is 3.62. The van der Waals surface area contributed by atoms with Crippen molar-refractivity contribution in [1.82, 2.24) is 0 Å². The standard InChI is InChI=1S/C24H24N2O5S/c1-18-5-15-23(16-6-18)32(28,29)26-25-21-11-9-20(10-12-21)24(27)31-17-3-4-19-7-13-22(30-2)14-8-19/h5-16H,3-4,17H2,1-2H3. The van der Waals surface area contributed by atoms with E-state index in [9.17, 15) is 13.2 Å². The summed E-state index contributed by atoms with van der Waals surface area (Å²) in [6.07, 6.45) is 1.48. The Morgan fingerprint density at radius 3 is 2.19 bits per heavy atom. The molecule has 0 saturated heterocycles. The van der Waals surface area contributed by atoms with Crippen LogP contribution in [0.3, 0.4) is 0 Å². The van der Waals surface area contributed by atoms with Crippen molar-refractivity contribution in [3.8, 4) is 5.75 Å². The molecule has 0 spiro atoms. The summed E-state index contributed by atoms with van der Waals surface area (Å²) in [5, 5.41) is 3.77. The first-order chi connectivity index (χ1) is 15.4. The van der Waals surface area contributed by atoms with Crippen LogP contribution in [-0.4, -0.2) is 28.1 Å². The van der Waals surface area contributed by atoms with Gasteiger partial charge in [-0.3, -0.25) is 0 Å². The van der Waals surface area contributed by atoms with Gasteiger partial charge in [0.15, 0.2) is 0 Å². The average Bonchev–Trinajstić information content (AvgIpc) is 2.81. The molecule has 32 heavy (non-hydrogen) atoms. The zero-order valence-electron chi connectivity index (χ0n) is 17.9. The zero-order valence-corrected chi connectivity index (χ0v) is 18.7. The Kier molecular flexibility index (Phi) is 7.72. The lowest BCUT2D eigenvalue weighted by atomic mass is 10.1. The van der Waals surface area contributed by atoms with Crippen LogP contribution in [0.5, 0.6) is 5.75 Å². The van der Waals surface area contributed by atoms with E-state index in [0.717, 1.165) is 23.3 Å². The van der Waals surface area contributed by atoms with E-state index in [1.54, 1.807) is 19.2 Å². The van der Waals surface area contributed by atoms with Gasteiger partial charge in [0.2, 0.25) is 0 Å². The molecule has 0 radical (unpaired) electrons. The van der Waals surface area contributed by atoms with Gasteiger partial charge in [-0.2, -0.15) is 8.42 Å². The predicted molar refractivity (Wildman–Crippen MR) is 121 cm³/mol. The maximum absolute atomic E-state index is 12.2. The molecule has 0 N–H and O–H groups in total. The molecule has 3 aromatic rings. The molecule has 0 heterocycles. The second kappa shape index (κ2) is 10.7. The highest BCUT2D eigenvalue weighted by Crippen LogP contribution is 2.19. The molecule has 7 nitrogen and oxygen atoms in total. The highest BCUT2D eigenvalue weighted by atomic mass is 32.2. The molecule has 0 amide bonds. The normalized spacial score (nSPS) is 11.4. The van der Waals surface area contributed by atoms with E-state index in [-0.39, 0.29) is 4.90 Å². The molecular formula is C24H24N2O5S. The summed E-state index contributed by atoms with van der Waals surface area (Å²) in [4.78, 5) is 12.3. The number of hydrogen-bond acceptors (Lipinski definition) is 6. The van der Waals surface area contributed by atoms with E-state index >= 15 is 0 Å². The van der Waals surface area contributed by atoms with Gasteiger partial charge in [0.1, 0.15) is 5.75 Å². The van der Waals surface area contributed by atoms with Gasteiger partial charge in [-0.15, -0.1) is 5.11 Å². The zero-order chi connectivity index (χ0) is 23.0. The van der Waals surface area contributed by atoms with Crippen molar-refractivity contribution in [3.05, 3.63) is 89.5 Å². The maximum Gasteiger partial charge on any atom is 0.338 e. The number of ether oxygens (including phenoxy) is 2. The maximum atomic E-state index is 12.2. The molecule has 0 unspecified atom stereocenters. The number of carbonyl (C=O) groups is 1. The lowest BCUT2D eigenvalue weighted by Crippen LogP contribution is -2.06. The third-order valence-corrected chi connectivity index (χ3v) is 5.85. The van der Waals surface area contributed by atoms with Gasteiger partial charge in [-0.05, 0) is 73.9 Å². The quantitative estimate of drug-likeness (QED) is 0.251. The van der Waals surface area contributed by atoms with Gasteiger partial charge >= 0.3 is 5.97 Å². The number of rotatable bonds is 9. The molecular weight excluding hydrogens is 428 g/mol. The van der Waals surface area contributed by atoms with Crippen LogP contribution in [0, 0.1) is 6.92 Å². The molecule has 166 valence electrons. The molecule has 0 aliphatic rings. The number of hydrogen-bond donors (Lipinski definition) is 0. The highest BCUT2D eigenvalue weighted by molar-refractivity contribution is 7.90. The van der Waals surface area contributed by atoms with Crippen LogP contribution in [0.15, 0.2) is 87.3 Å². The van der Waals surface area contributed by atoms with Gasteiger partial charge in [-0.1, -0.05) is 34.3 Å². The van der Waals surface area contributed by atoms with E-state index in [1.807, 2.05) is 31.2 Å². The molecule has 0 fully saturated rings. The summed E-state index contributed by atoms with van der Waals surface area (Å²) in [5.41, 5.74) is 2.76. The van der Waals surface area contributed by atoms with Crippen molar-refractivity contribution < 1.29 is 22.7 Å². The van der Waals surface area contributed by atoms with Crippen LogP contribution >= 0.6 is 0 Å². The summed E-state index contributed by atoms with van der Waals surface area (Å²) in [5.74, 6) is 0.353. The van der Waals surface area contributed by atoms with Crippen molar-refractivity contribution in [3.63, 3.8) is 0 Å². The molecule has 3 rings (SSSR count). The van der Waals surface area contributed by atoms with Crippen LogP contribution in [0.1, 0.15) is 27.9 Å². The summed E-state index contributed by atoms with van der Waals surface area (Å²) < 4.78 is 38.4. The molecule has 0 aliphatic heterocycles. The Balaban J connectivity index is 1.50. The summed E-state index contributed by atoms with van der Waals surface area (Å²) in [6.45, 7) is 2.16. The van der Waals surface area contributed by atoms with Crippen molar-refractivity contribution in [1.29, 1.82) is 0 Å². The number of methoxy groups -OCH3 is 1. The first-order valence-electron chi connectivity index (χ1n) is 10.0. The molecule has 0 aromatic heterocycles. The third-order valence-electron chi connectivity index (χ3n) is 4.69. The summed E-state index contributed by atoms with van der Waals surface area (Å²) in [7, 11) is -2.26. The smallest absolute Gasteiger partial charge is 0.338 e. The summed E-state index contributed by atoms with van der Waals surface area (Å²) >= 11 is 0. The van der Waals surface area contributed by atoms with Gasteiger partial charge in [0.05, 0.1) is 29.9 Å². The van der Waals surface area contributed by atoms with E-state index < -0.39 is 16.0 Å². The van der Waals surface area contributed by atoms with Crippen molar-refractivity contribution in [2.24, 2.45) is 9.63 Å². The second-order valence-corrected chi connectivity index (χ2v) is 8.69. The Labute approximate surface area is 187 Å². The van der Waals surface area contributed by atoms with Gasteiger partial charge in [-0.25, -0.2) is 4.79 Å². The number of benzene rings is 3. The van der Waals surface area contributed by atoms with E-state index in [4.69, 9.17) is 9.47 Å².